The van der Waals surface area contributed by atoms with Crippen molar-refractivity contribution in [3.05, 3.63) is 24.3 Å². The molecule has 0 saturated heterocycles. The van der Waals surface area contributed by atoms with Crippen molar-refractivity contribution in [3.63, 3.8) is 0 Å². The average Bonchev–Trinajstić information content (AvgIpc) is 2.46. The first kappa shape index (κ1) is 22.8. The molecule has 0 heterocycles. The predicted molar refractivity (Wildman–Crippen MR) is 101 cm³/mol. The third kappa shape index (κ3) is 17.4. The molecule has 0 heteroatoms. The van der Waals surface area contributed by atoms with Gasteiger partial charge in [0.2, 0.25) is 0 Å². The minimum atomic E-state index is 0.850. The molecule has 21 heavy (non-hydrogen) atoms. The smallest absolute Gasteiger partial charge is 0.0117 e. The summed E-state index contributed by atoms with van der Waals surface area (Å²) in [6.07, 6.45) is 14.8. The Balaban J connectivity index is 0. The number of rotatable bonds is 13. The first-order chi connectivity index (χ1) is 10.1. The van der Waals surface area contributed by atoms with Crippen LogP contribution < -0.4 is 0 Å². The van der Waals surface area contributed by atoms with E-state index in [4.69, 9.17) is 0 Å². The molecule has 0 bridgehead atoms. The summed E-state index contributed by atoms with van der Waals surface area (Å²) in [5, 5.41) is 0. The van der Waals surface area contributed by atoms with Crippen molar-refractivity contribution in [2.75, 3.05) is 0 Å². The summed E-state index contributed by atoms with van der Waals surface area (Å²) in [5.41, 5.74) is 2.62. The van der Waals surface area contributed by atoms with Gasteiger partial charge in [0, 0.05) is 0 Å². The molecule has 0 aliphatic rings. The Kier molecular flexibility index (Phi) is 19.0. The van der Waals surface area contributed by atoms with Crippen LogP contribution in [-0.4, -0.2) is 0 Å². The standard InChI is InChI=1S/C19H36.C2H6/c1-6-8-9-10-11-12-13-14-19(7-2)16-18(5)15-17(3)4;1-2/h19H,3,5-16H2,1-2,4H3;1-2H3/t19-;/m0./s1. The van der Waals surface area contributed by atoms with E-state index in [0.717, 1.165) is 12.3 Å². The van der Waals surface area contributed by atoms with E-state index in [0.29, 0.717) is 0 Å². The average molecular weight is 295 g/mol. The highest BCUT2D eigenvalue weighted by atomic mass is 14.1. The normalized spacial score (nSPS) is 11.5. The van der Waals surface area contributed by atoms with E-state index in [1.165, 1.54) is 75.4 Å². The van der Waals surface area contributed by atoms with Gasteiger partial charge in [0.1, 0.15) is 0 Å². The van der Waals surface area contributed by atoms with Crippen LogP contribution in [-0.2, 0) is 0 Å². The minimum absolute atomic E-state index is 0.850. The van der Waals surface area contributed by atoms with Crippen molar-refractivity contribution in [3.8, 4) is 0 Å². The van der Waals surface area contributed by atoms with Gasteiger partial charge in [-0.2, -0.15) is 0 Å². The summed E-state index contributed by atoms with van der Waals surface area (Å²) in [5.74, 6) is 0.850. The van der Waals surface area contributed by atoms with Crippen LogP contribution in [0, 0.1) is 5.92 Å². The van der Waals surface area contributed by atoms with Gasteiger partial charge >= 0.3 is 0 Å². The van der Waals surface area contributed by atoms with Crippen molar-refractivity contribution in [2.24, 2.45) is 5.92 Å². The molecule has 0 nitrogen and oxygen atoms in total. The molecular formula is C21H42. The Hall–Kier alpha value is -0.520. The molecule has 1 atom stereocenters. The van der Waals surface area contributed by atoms with Crippen LogP contribution in [0.5, 0.6) is 0 Å². The van der Waals surface area contributed by atoms with E-state index in [1.807, 2.05) is 13.8 Å². The van der Waals surface area contributed by atoms with Gasteiger partial charge in [-0.25, -0.2) is 0 Å². The van der Waals surface area contributed by atoms with E-state index >= 15 is 0 Å². The maximum atomic E-state index is 4.20. The van der Waals surface area contributed by atoms with E-state index in [1.54, 1.807) is 0 Å². The number of hydrogen-bond donors (Lipinski definition) is 0. The lowest BCUT2D eigenvalue weighted by Crippen LogP contribution is -2.01. The molecule has 0 radical (unpaired) electrons. The molecule has 0 saturated carbocycles. The van der Waals surface area contributed by atoms with Gasteiger partial charge in [-0.3, -0.25) is 0 Å². The Labute approximate surface area is 136 Å². The Morgan fingerprint density at radius 1 is 0.857 bits per heavy atom. The molecule has 0 spiro atoms. The monoisotopic (exact) mass is 294 g/mol. The zero-order chi connectivity index (χ0) is 16.5. The highest BCUT2D eigenvalue weighted by Crippen LogP contribution is 2.24. The fraction of sp³-hybridized carbons (Fsp3) is 0.810. The second-order valence-corrected chi connectivity index (χ2v) is 6.27. The van der Waals surface area contributed by atoms with Crippen LogP contribution in [0.1, 0.15) is 105 Å². The van der Waals surface area contributed by atoms with Crippen LogP contribution in [0.4, 0.5) is 0 Å². The molecule has 0 amide bonds. The molecular weight excluding hydrogens is 252 g/mol. The van der Waals surface area contributed by atoms with Crippen LogP contribution >= 0.6 is 0 Å². The Morgan fingerprint density at radius 2 is 1.38 bits per heavy atom. The van der Waals surface area contributed by atoms with Crippen molar-refractivity contribution in [2.45, 2.75) is 105 Å². The van der Waals surface area contributed by atoms with Crippen LogP contribution in [0.2, 0.25) is 0 Å². The minimum Gasteiger partial charge on any atom is -0.0998 e. The molecule has 0 N–H and O–H groups in total. The van der Waals surface area contributed by atoms with E-state index in [-0.39, 0.29) is 0 Å². The zero-order valence-electron chi connectivity index (χ0n) is 15.8. The summed E-state index contributed by atoms with van der Waals surface area (Å²) in [4.78, 5) is 0. The molecule has 0 unspecified atom stereocenters. The maximum Gasteiger partial charge on any atom is -0.0117 e. The summed E-state index contributed by atoms with van der Waals surface area (Å²) in [7, 11) is 0. The molecule has 0 rings (SSSR count). The van der Waals surface area contributed by atoms with Crippen molar-refractivity contribution >= 4 is 0 Å². The van der Waals surface area contributed by atoms with Crippen molar-refractivity contribution in [1.82, 2.24) is 0 Å². The number of hydrogen-bond acceptors (Lipinski definition) is 0. The first-order valence-electron chi connectivity index (χ1n) is 9.41. The highest BCUT2D eigenvalue weighted by molar-refractivity contribution is 5.07. The van der Waals surface area contributed by atoms with Crippen molar-refractivity contribution < 1.29 is 0 Å². The second kappa shape index (κ2) is 17.5. The summed E-state index contributed by atoms with van der Waals surface area (Å²) in [6, 6.07) is 0. The van der Waals surface area contributed by atoms with Gasteiger partial charge in [-0.1, -0.05) is 110 Å². The Morgan fingerprint density at radius 3 is 1.86 bits per heavy atom. The van der Waals surface area contributed by atoms with Crippen molar-refractivity contribution in [1.29, 1.82) is 0 Å². The molecule has 0 aromatic carbocycles. The lowest BCUT2D eigenvalue weighted by Gasteiger charge is -2.16. The van der Waals surface area contributed by atoms with Crippen LogP contribution in [0.3, 0.4) is 0 Å². The highest BCUT2D eigenvalue weighted by Gasteiger charge is 2.08. The largest absolute Gasteiger partial charge is 0.0998 e. The lowest BCUT2D eigenvalue weighted by molar-refractivity contribution is 0.432. The fourth-order valence-corrected chi connectivity index (χ4v) is 2.75. The lowest BCUT2D eigenvalue weighted by atomic mass is 9.90. The SMILES string of the molecule is C=C(C)CC(=C)C[C@@H](CC)CCCCCCCCC.CC. The molecule has 126 valence electrons. The Bertz CT molecular complexity index is 236. The van der Waals surface area contributed by atoms with Gasteiger partial charge in [0.25, 0.3) is 0 Å². The molecule has 0 aliphatic carbocycles. The van der Waals surface area contributed by atoms with Gasteiger partial charge in [0.15, 0.2) is 0 Å². The van der Waals surface area contributed by atoms with Gasteiger partial charge in [-0.05, 0) is 25.7 Å². The third-order valence-corrected chi connectivity index (χ3v) is 3.92. The van der Waals surface area contributed by atoms with Crippen LogP contribution in [0.25, 0.3) is 0 Å². The number of unbranched alkanes of at least 4 members (excludes halogenated alkanes) is 6. The molecule has 0 aromatic rings. The second-order valence-electron chi connectivity index (χ2n) is 6.27. The number of allylic oxidation sites excluding steroid dienone is 2. The maximum absolute atomic E-state index is 4.20. The predicted octanol–water partition coefficient (Wildman–Crippen LogP) is 8.09. The van der Waals surface area contributed by atoms with Gasteiger partial charge in [-0.15, -0.1) is 0 Å². The summed E-state index contributed by atoms with van der Waals surface area (Å²) in [6.45, 7) is 18.9. The topological polar surface area (TPSA) is 0 Å². The summed E-state index contributed by atoms with van der Waals surface area (Å²) >= 11 is 0. The molecule has 0 aliphatic heterocycles. The zero-order valence-corrected chi connectivity index (χ0v) is 15.8. The fourth-order valence-electron chi connectivity index (χ4n) is 2.75. The summed E-state index contributed by atoms with van der Waals surface area (Å²) < 4.78 is 0. The van der Waals surface area contributed by atoms with E-state index in [9.17, 15) is 0 Å². The third-order valence-electron chi connectivity index (χ3n) is 3.92. The van der Waals surface area contributed by atoms with Crippen LogP contribution in [0.15, 0.2) is 24.3 Å². The van der Waals surface area contributed by atoms with Gasteiger partial charge in [0.05, 0.1) is 0 Å². The first-order valence-corrected chi connectivity index (χ1v) is 9.41. The van der Waals surface area contributed by atoms with E-state index < -0.39 is 0 Å². The molecule has 0 fully saturated rings. The quantitative estimate of drug-likeness (QED) is 0.238. The molecule has 0 aromatic heterocycles. The van der Waals surface area contributed by atoms with E-state index in [2.05, 4.69) is 33.9 Å². The van der Waals surface area contributed by atoms with Gasteiger partial charge < -0.3 is 0 Å².